The lowest BCUT2D eigenvalue weighted by Gasteiger charge is -2.09. The van der Waals surface area contributed by atoms with Gasteiger partial charge in [0.1, 0.15) is 17.3 Å². The number of aromatic nitrogens is 2. The topological polar surface area (TPSA) is 74.2 Å². The van der Waals surface area contributed by atoms with Crippen molar-refractivity contribution in [1.29, 1.82) is 0 Å². The van der Waals surface area contributed by atoms with Gasteiger partial charge in [-0.2, -0.15) is 4.98 Å². The molecule has 106 valence electrons. The number of anilines is 1. The Morgan fingerprint density at radius 2 is 1.90 bits per heavy atom. The number of furan rings is 1. The maximum atomic E-state index is 6.27. The molecule has 2 heterocycles. The third kappa shape index (κ3) is 2.98. The van der Waals surface area contributed by atoms with E-state index in [9.17, 15) is 0 Å². The van der Waals surface area contributed by atoms with Gasteiger partial charge >= 0.3 is 0 Å². The maximum Gasteiger partial charge on any atom is 0.238 e. The molecular weight excluding hydrogens is 290 g/mol. The predicted octanol–water partition coefficient (Wildman–Crippen LogP) is 3.55. The summed E-state index contributed by atoms with van der Waals surface area (Å²) in [6.45, 7) is 0.342. The molecule has 21 heavy (non-hydrogen) atoms. The second-order valence-electron chi connectivity index (χ2n) is 4.30. The number of nitrogen functional groups attached to an aromatic ring is 1. The van der Waals surface area contributed by atoms with E-state index in [0.29, 0.717) is 18.1 Å². The Kier molecular flexibility index (Phi) is 3.75. The molecule has 0 amide bonds. The van der Waals surface area contributed by atoms with E-state index >= 15 is 0 Å². The second-order valence-corrected chi connectivity index (χ2v) is 4.68. The van der Waals surface area contributed by atoms with E-state index in [4.69, 9.17) is 26.5 Å². The third-order valence-corrected chi connectivity index (χ3v) is 3.15. The highest BCUT2D eigenvalue weighted by Gasteiger charge is 2.16. The van der Waals surface area contributed by atoms with Crippen LogP contribution in [0.5, 0.6) is 5.88 Å². The van der Waals surface area contributed by atoms with Crippen LogP contribution in [0.4, 0.5) is 5.95 Å². The number of benzene rings is 1. The summed E-state index contributed by atoms with van der Waals surface area (Å²) in [5.74, 6) is 0.826. The number of hydrogen-bond donors (Lipinski definition) is 1. The molecule has 0 saturated carbocycles. The highest BCUT2D eigenvalue weighted by molar-refractivity contribution is 6.34. The zero-order valence-electron chi connectivity index (χ0n) is 11.0. The molecule has 0 aliphatic carbocycles. The quantitative estimate of drug-likeness (QED) is 0.797. The number of rotatable bonds is 4. The smallest absolute Gasteiger partial charge is 0.238 e. The van der Waals surface area contributed by atoms with Gasteiger partial charge in [0.25, 0.3) is 0 Å². The second kappa shape index (κ2) is 5.85. The van der Waals surface area contributed by atoms with Crippen molar-refractivity contribution in [3.8, 4) is 17.3 Å². The van der Waals surface area contributed by atoms with Crippen LogP contribution in [-0.2, 0) is 6.61 Å². The molecule has 3 rings (SSSR count). The minimum Gasteiger partial charge on any atom is -0.472 e. The van der Waals surface area contributed by atoms with Crippen molar-refractivity contribution in [3.63, 3.8) is 0 Å². The van der Waals surface area contributed by atoms with Gasteiger partial charge in [0, 0.05) is 0 Å². The first-order valence-corrected chi connectivity index (χ1v) is 6.65. The summed E-state index contributed by atoms with van der Waals surface area (Å²) < 4.78 is 10.9. The van der Waals surface area contributed by atoms with Gasteiger partial charge in [0.15, 0.2) is 5.76 Å². The van der Waals surface area contributed by atoms with Crippen molar-refractivity contribution >= 4 is 17.5 Å². The Balaban J connectivity index is 1.89. The number of hydrogen-bond acceptors (Lipinski definition) is 5. The number of nitrogens with two attached hydrogens (primary N) is 1. The monoisotopic (exact) mass is 301 g/mol. The van der Waals surface area contributed by atoms with Gasteiger partial charge in [-0.3, -0.25) is 0 Å². The first kappa shape index (κ1) is 13.5. The maximum absolute atomic E-state index is 6.27. The van der Waals surface area contributed by atoms with Gasteiger partial charge in [-0.25, -0.2) is 4.98 Å². The van der Waals surface area contributed by atoms with Gasteiger partial charge < -0.3 is 14.9 Å². The van der Waals surface area contributed by atoms with Gasteiger partial charge in [0.05, 0.1) is 6.26 Å². The lowest BCUT2D eigenvalue weighted by atomic mass is 10.2. The van der Waals surface area contributed by atoms with Crippen molar-refractivity contribution < 1.29 is 9.15 Å². The highest BCUT2D eigenvalue weighted by atomic mass is 35.5. The molecular formula is C15H12ClN3O2. The molecule has 0 radical (unpaired) electrons. The molecule has 0 aliphatic heterocycles. The Morgan fingerprint density at radius 3 is 2.62 bits per heavy atom. The first-order valence-electron chi connectivity index (χ1n) is 6.27. The molecule has 0 bridgehead atoms. The van der Waals surface area contributed by atoms with Crippen molar-refractivity contribution in [2.45, 2.75) is 6.61 Å². The number of nitrogens with zero attached hydrogens (tertiary/aromatic N) is 2. The van der Waals surface area contributed by atoms with E-state index in [0.717, 1.165) is 5.56 Å². The molecule has 3 aromatic rings. The summed E-state index contributed by atoms with van der Waals surface area (Å²) in [6, 6.07) is 13.2. The summed E-state index contributed by atoms with van der Waals surface area (Å²) in [5, 5.41) is 0.273. The molecule has 0 fully saturated rings. The fraction of sp³-hybridized carbons (Fsp3) is 0.0667. The van der Waals surface area contributed by atoms with Crippen LogP contribution in [0.25, 0.3) is 11.5 Å². The number of ether oxygens (including phenoxy) is 1. The minimum atomic E-state index is 0.0776. The molecule has 0 saturated heterocycles. The summed E-state index contributed by atoms with van der Waals surface area (Å²) in [5.41, 5.74) is 7.12. The van der Waals surface area contributed by atoms with Gasteiger partial charge in [-0.1, -0.05) is 41.9 Å². The summed E-state index contributed by atoms with van der Waals surface area (Å²) in [6.07, 6.45) is 1.54. The van der Waals surface area contributed by atoms with Crippen LogP contribution in [-0.4, -0.2) is 9.97 Å². The lowest BCUT2D eigenvalue weighted by molar-refractivity contribution is 0.294. The summed E-state index contributed by atoms with van der Waals surface area (Å²) >= 11 is 6.27. The molecule has 2 aromatic heterocycles. The van der Waals surface area contributed by atoms with Crippen LogP contribution in [0.3, 0.4) is 0 Å². The van der Waals surface area contributed by atoms with E-state index in [1.165, 1.54) is 6.26 Å². The Hall–Kier alpha value is -2.53. The van der Waals surface area contributed by atoms with Crippen molar-refractivity contribution in [3.05, 3.63) is 59.3 Å². The predicted molar refractivity (Wildman–Crippen MR) is 79.9 cm³/mol. The largest absolute Gasteiger partial charge is 0.472 e. The van der Waals surface area contributed by atoms with E-state index in [-0.39, 0.29) is 16.9 Å². The SMILES string of the molecule is Nc1nc(OCc2ccccc2)c(Cl)c(-c2ccco2)n1. The van der Waals surface area contributed by atoms with Crippen LogP contribution in [0.1, 0.15) is 5.56 Å². The van der Waals surface area contributed by atoms with Crippen LogP contribution in [0, 0.1) is 0 Å². The fourth-order valence-electron chi connectivity index (χ4n) is 1.84. The first-order chi connectivity index (χ1) is 10.2. The molecule has 1 aromatic carbocycles. The van der Waals surface area contributed by atoms with Gasteiger partial charge in [0.2, 0.25) is 11.8 Å². The lowest BCUT2D eigenvalue weighted by Crippen LogP contribution is -2.03. The van der Waals surface area contributed by atoms with Crippen LogP contribution >= 0.6 is 11.6 Å². The average molecular weight is 302 g/mol. The van der Waals surface area contributed by atoms with Crippen LogP contribution in [0.2, 0.25) is 5.02 Å². The van der Waals surface area contributed by atoms with E-state index in [1.807, 2.05) is 30.3 Å². The van der Waals surface area contributed by atoms with Crippen LogP contribution < -0.4 is 10.5 Å². The zero-order valence-corrected chi connectivity index (χ0v) is 11.7. The molecule has 0 aliphatic rings. The van der Waals surface area contributed by atoms with Gasteiger partial charge in [-0.05, 0) is 17.7 Å². The van der Waals surface area contributed by atoms with Crippen LogP contribution in [0.15, 0.2) is 53.1 Å². The normalized spacial score (nSPS) is 10.5. The highest BCUT2D eigenvalue weighted by Crippen LogP contribution is 2.33. The fourth-order valence-corrected chi connectivity index (χ4v) is 2.07. The van der Waals surface area contributed by atoms with Crippen molar-refractivity contribution in [1.82, 2.24) is 9.97 Å². The van der Waals surface area contributed by atoms with Crippen molar-refractivity contribution in [2.75, 3.05) is 5.73 Å². The Bertz CT molecular complexity index is 730. The molecule has 5 nitrogen and oxygen atoms in total. The Labute approximate surface area is 126 Å². The summed E-state index contributed by atoms with van der Waals surface area (Å²) in [7, 11) is 0. The van der Waals surface area contributed by atoms with E-state index in [2.05, 4.69) is 9.97 Å². The number of halogens is 1. The standard InChI is InChI=1S/C15H12ClN3O2/c16-12-13(11-7-4-8-20-11)18-15(17)19-14(12)21-9-10-5-2-1-3-6-10/h1-8H,9H2,(H2,17,18,19). The molecule has 0 spiro atoms. The van der Waals surface area contributed by atoms with Crippen molar-refractivity contribution in [2.24, 2.45) is 0 Å². The zero-order chi connectivity index (χ0) is 14.7. The van der Waals surface area contributed by atoms with E-state index in [1.54, 1.807) is 12.1 Å². The summed E-state index contributed by atoms with van der Waals surface area (Å²) in [4.78, 5) is 8.12. The Morgan fingerprint density at radius 1 is 1.10 bits per heavy atom. The van der Waals surface area contributed by atoms with E-state index < -0.39 is 0 Å². The molecule has 6 heteroatoms. The minimum absolute atomic E-state index is 0.0776. The third-order valence-electron chi connectivity index (χ3n) is 2.81. The molecule has 0 atom stereocenters. The van der Waals surface area contributed by atoms with Gasteiger partial charge in [-0.15, -0.1) is 0 Å². The molecule has 2 N–H and O–H groups in total. The molecule has 0 unspecified atom stereocenters. The average Bonchev–Trinajstić information content (AvgIpc) is 3.03.